The fourth-order valence-electron chi connectivity index (χ4n) is 4.42. The monoisotopic (exact) mass is 436 g/mol. The van der Waals surface area contributed by atoms with Crippen molar-refractivity contribution < 1.29 is 18.0 Å². The molecule has 0 saturated carbocycles. The van der Waals surface area contributed by atoms with Crippen LogP contribution < -0.4 is 4.90 Å². The van der Waals surface area contributed by atoms with Gasteiger partial charge in [-0.15, -0.1) is 0 Å². The van der Waals surface area contributed by atoms with E-state index in [1.165, 1.54) is 12.1 Å². The van der Waals surface area contributed by atoms with Gasteiger partial charge in [-0.3, -0.25) is 9.69 Å². The van der Waals surface area contributed by atoms with E-state index in [-0.39, 0.29) is 5.91 Å². The summed E-state index contributed by atoms with van der Waals surface area (Å²) < 4.78 is 38.9. The Hall–Kier alpha value is -2.27. The zero-order chi connectivity index (χ0) is 22.3. The molecular formula is C23H31F3N4O. The molecule has 2 aliphatic heterocycles. The number of piperazine rings is 1. The summed E-state index contributed by atoms with van der Waals surface area (Å²) in [6, 6.07) is 7.66. The van der Waals surface area contributed by atoms with Gasteiger partial charge in [-0.1, -0.05) is 6.07 Å². The van der Waals surface area contributed by atoms with Gasteiger partial charge in [-0.05, 0) is 56.3 Å². The van der Waals surface area contributed by atoms with E-state index in [9.17, 15) is 18.0 Å². The molecular weight excluding hydrogens is 405 g/mol. The number of rotatable bonds is 7. The van der Waals surface area contributed by atoms with Crippen molar-refractivity contribution in [2.75, 3.05) is 50.7 Å². The normalized spacial score (nSPS) is 18.8. The number of nitrogens with zero attached hydrogens (tertiary/aromatic N) is 4. The van der Waals surface area contributed by atoms with Crippen LogP contribution in [0.5, 0.6) is 0 Å². The number of hydrogen-bond donors (Lipinski definition) is 0. The molecule has 0 radical (unpaired) electrons. The standard InChI is InChI=1S/C23H31F3N4O/c24-23(25,26)20-4-3-5-21(18-20)29-16-14-28(15-17-29)11-7-19-8-12-30(13-9-19)22(31)6-1-2-10-27/h3-5,18-19H,1-2,6-9,11-17H2. The number of halogens is 3. The second-order valence-corrected chi connectivity index (χ2v) is 8.50. The number of amides is 1. The van der Waals surface area contributed by atoms with Crippen molar-refractivity contribution in [1.29, 1.82) is 5.26 Å². The second-order valence-electron chi connectivity index (χ2n) is 8.50. The number of hydrogen-bond acceptors (Lipinski definition) is 4. The number of likely N-dealkylation sites (tertiary alicyclic amines) is 1. The maximum Gasteiger partial charge on any atom is 0.416 e. The molecule has 2 fully saturated rings. The number of alkyl halides is 3. The zero-order valence-corrected chi connectivity index (χ0v) is 17.9. The summed E-state index contributed by atoms with van der Waals surface area (Å²) in [6.45, 7) is 5.78. The van der Waals surface area contributed by atoms with Gasteiger partial charge >= 0.3 is 6.18 Å². The average molecular weight is 437 g/mol. The number of benzene rings is 1. The van der Waals surface area contributed by atoms with Crippen LogP contribution >= 0.6 is 0 Å². The molecule has 0 spiro atoms. The maximum absolute atomic E-state index is 13.0. The Morgan fingerprint density at radius 1 is 1.10 bits per heavy atom. The first-order valence-electron chi connectivity index (χ1n) is 11.2. The molecule has 1 amide bonds. The Labute approximate surface area is 182 Å². The molecule has 1 aromatic rings. The van der Waals surface area contributed by atoms with E-state index in [1.54, 1.807) is 6.07 Å². The van der Waals surface area contributed by atoms with E-state index in [1.807, 2.05) is 9.80 Å². The fourth-order valence-corrected chi connectivity index (χ4v) is 4.42. The zero-order valence-electron chi connectivity index (χ0n) is 17.9. The lowest BCUT2D eigenvalue weighted by Gasteiger charge is -2.38. The molecule has 3 rings (SSSR count). The minimum Gasteiger partial charge on any atom is -0.369 e. The topological polar surface area (TPSA) is 50.6 Å². The van der Waals surface area contributed by atoms with Gasteiger partial charge in [-0.25, -0.2) is 0 Å². The molecule has 5 nitrogen and oxygen atoms in total. The van der Waals surface area contributed by atoms with Gasteiger partial charge in [0.15, 0.2) is 0 Å². The lowest BCUT2D eigenvalue weighted by Crippen LogP contribution is -2.47. The molecule has 0 unspecified atom stereocenters. The number of unbranched alkanes of at least 4 members (excludes halogenated alkanes) is 1. The summed E-state index contributed by atoms with van der Waals surface area (Å²) in [4.78, 5) is 18.5. The molecule has 31 heavy (non-hydrogen) atoms. The van der Waals surface area contributed by atoms with Gasteiger partial charge in [0, 0.05) is 57.8 Å². The molecule has 0 N–H and O–H groups in total. The van der Waals surface area contributed by atoms with E-state index in [4.69, 9.17) is 5.26 Å². The van der Waals surface area contributed by atoms with Gasteiger partial charge < -0.3 is 9.80 Å². The van der Waals surface area contributed by atoms with Crippen LogP contribution in [0.3, 0.4) is 0 Å². The summed E-state index contributed by atoms with van der Waals surface area (Å²) in [5.74, 6) is 0.782. The van der Waals surface area contributed by atoms with Crippen LogP contribution in [-0.2, 0) is 11.0 Å². The third-order valence-electron chi connectivity index (χ3n) is 6.41. The summed E-state index contributed by atoms with van der Waals surface area (Å²) in [7, 11) is 0. The van der Waals surface area contributed by atoms with Crippen molar-refractivity contribution in [2.45, 2.75) is 44.7 Å². The van der Waals surface area contributed by atoms with Gasteiger partial charge in [0.1, 0.15) is 0 Å². The van der Waals surface area contributed by atoms with Crippen LogP contribution in [0.25, 0.3) is 0 Å². The van der Waals surface area contributed by atoms with Crippen LogP contribution in [0, 0.1) is 17.2 Å². The summed E-state index contributed by atoms with van der Waals surface area (Å²) in [5, 5.41) is 8.58. The first-order chi connectivity index (χ1) is 14.9. The van der Waals surface area contributed by atoms with Crippen LogP contribution in [-0.4, -0.2) is 61.5 Å². The Bertz CT molecular complexity index is 761. The minimum atomic E-state index is -4.31. The molecule has 0 bridgehead atoms. The van der Waals surface area contributed by atoms with Crippen molar-refractivity contribution >= 4 is 11.6 Å². The molecule has 0 aliphatic carbocycles. The predicted molar refractivity (Wildman–Crippen MR) is 113 cm³/mol. The van der Waals surface area contributed by atoms with E-state index in [2.05, 4.69) is 11.0 Å². The van der Waals surface area contributed by atoms with Gasteiger partial charge in [0.25, 0.3) is 0 Å². The van der Waals surface area contributed by atoms with Crippen LogP contribution in [0.4, 0.5) is 18.9 Å². The number of piperidine rings is 1. The number of nitriles is 1. The van der Waals surface area contributed by atoms with Crippen molar-refractivity contribution in [3.63, 3.8) is 0 Å². The van der Waals surface area contributed by atoms with Gasteiger partial charge in [-0.2, -0.15) is 18.4 Å². The molecule has 170 valence electrons. The van der Waals surface area contributed by atoms with Crippen LogP contribution in [0.15, 0.2) is 24.3 Å². The van der Waals surface area contributed by atoms with Crippen molar-refractivity contribution in [1.82, 2.24) is 9.80 Å². The highest BCUT2D eigenvalue weighted by Gasteiger charge is 2.31. The number of carbonyl (C=O) groups excluding carboxylic acids is 1. The predicted octanol–water partition coefficient (Wildman–Crippen LogP) is 4.15. The summed E-state index contributed by atoms with van der Waals surface area (Å²) in [5.41, 5.74) is 0.0450. The van der Waals surface area contributed by atoms with E-state index in [0.29, 0.717) is 30.9 Å². The lowest BCUT2D eigenvalue weighted by molar-refractivity contribution is -0.137. The molecule has 2 saturated heterocycles. The quantitative estimate of drug-likeness (QED) is 0.603. The third-order valence-corrected chi connectivity index (χ3v) is 6.41. The second kappa shape index (κ2) is 10.9. The lowest BCUT2D eigenvalue weighted by atomic mass is 9.93. The van der Waals surface area contributed by atoms with E-state index >= 15 is 0 Å². The Balaban J connectivity index is 1.36. The molecule has 0 atom stereocenters. The molecule has 8 heteroatoms. The van der Waals surface area contributed by atoms with E-state index < -0.39 is 11.7 Å². The molecule has 2 heterocycles. The largest absolute Gasteiger partial charge is 0.416 e. The highest BCUT2D eigenvalue weighted by atomic mass is 19.4. The number of anilines is 1. The Kier molecular flexibility index (Phi) is 8.19. The minimum absolute atomic E-state index is 0.166. The average Bonchev–Trinajstić information content (AvgIpc) is 2.78. The van der Waals surface area contributed by atoms with Crippen molar-refractivity contribution in [2.24, 2.45) is 5.92 Å². The summed E-state index contributed by atoms with van der Waals surface area (Å²) >= 11 is 0. The van der Waals surface area contributed by atoms with Gasteiger partial charge in [0.2, 0.25) is 5.91 Å². The van der Waals surface area contributed by atoms with Crippen LogP contribution in [0.1, 0.15) is 44.1 Å². The smallest absolute Gasteiger partial charge is 0.369 e. The van der Waals surface area contributed by atoms with Crippen molar-refractivity contribution in [3.8, 4) is 6.07 Å². The van der Waals surface area contributed by atoms with E-state index in [0.717, 1.165) is 71.1 Å². The Morgan fingerprint density at radius 3 is 2.45 bits per heavy atom. The SMILES string of the molecule is N#CCCCC(=O)N1CCC(CCN2CCN(c3cccc(C(F)(F)F)c3)CC2)CC1. The number of carbonyl (C=O) groups is 1. The fraction of sp³-hybridized carbons (Fsp3) is 0.652. The van der Waals surface area contributed by atoms with Crippen LogP contribution in [0.2, 0.25) is 0 Å². The molecule has 2 aliphatic rings. The van der Waals surface area contributed by atoms with Gasteiger partial charge in [0.05, 0.1) is 11.6 Å². The highest BCUT2D eigenvalue weighted by molar-refractivity contribution is 5.76. The van der Waals surface area contributed by atoms with Crippen molar-refractivity contribution in [3.05, 3.63) is 29.8 Å². The summed E-state index contributed by atoms with van der Waals surface area (Å²) in [6.07, 6.45) is 0.371. The molecule has 0 aromatic heterocycles. The highest BCUT2D eigenvalue weighted by Crippen LogP contribution is 2.32. The molecule has 1 aromatic carbocycles. The Morgan fingerprint density at radius 2 is 1.81 bits per heavy atom. The first kappa shape index (κ1) is 23.4. The maximum atomic E-state index is 13.0. The third kappa shape index (κ3) is 6.86. The first-order valence-corrected chi connectivity index (χ1v) is 11.2.